The van der Waals surface area contributed by atoms with Gasteiger partial charge in [-0.05, 0) is 74.7 Å². The van der Waals surface area contributed by atoms with Crippen LogP contribution >= 0.6 is 11.6 Å². The number of hydrogen-bond donors (Lipinski definition) is 0. The number of carbonyl (C=O) groups excluding carboxylic acids is 1. The predicted octanol–water partition coefficient (Wildman–Crippen LogP) is 5.90. The zero-order valence-electron chi connectivity index (χ0n) is 21.0. The molecule has 0 fully saturated rings. The van der Waals surface area contributed by atoms with Crippen LogP contribution in [0, 0.1) is 13.8 Å². The summed E-state index contributed by atoms with van der Waals surface area (Å²) in [5.41, 5.74) is 3.73. The first-order valence-electron chi connectivity index (χ1n) is 12.0. The van der Waals surface area contributed by atoms with Crippen molar-refractivity contribution in [3.05, 3.63) is 105 Å². The fourth-order valence-electron chi connectivity index (χ4n) is 4.32. The van der Waals surface area contributed by atoms with Crippen molar-refractivity contribution in [1.29, 1.82) is 0 Å². The molecular weight excluding hydrogens is 474 g/mol. The van der Waals surface area contributed by atoms with Crippen LogP contribution in [0.25, 0.3) is 16.6 Å². The van der Waals surface area contributed by atoms with Crippen LogP contribution in [-0.4, -0.2) is 40.6 Å². The Labute approximate surface area is 216 Å². The summed E-state index contributed by atoms with van der Waals surface area (Å²) in [5.74, 6) is 0.262. The van der Waals surface area contributed by atoms with Crippen LogP contribution in [0.3, 0.4) is 0 Å². The van der Waals surface area contributed by atoms with Gasteiger partial charge in [0.2, 0.25) is 0 Å². The maximum absolute atomic E-state index is 13.8. The van der Waals surface area contributed by atoms with Crippen molar-refractivity contribution >= 4 is 28.4 Å². The number of aromatic nitrogens is 2. The Morgan fingerprint density at radius 3 is 2.50 bits per heavy atom. The fraction of sp³-hybridized carbons (Fsp3) is 0.276. The largest absolute Gasteiger partial charge is 0.385 e. The van der Waals surface area contributed by atoms with E-state index < -0.39 is 6.04 Å². The predicted molar refractivity (Wildman–Crippen MR) is 144 cm³/mol. The molecule has 0 radical (unpaired) electrons. The molecule has 1 atom stereocenters. The second-order valence-corrected chi connectivity index (χ2v) is 9.30. The first-order chi connectivity index (χ1) is 17.3. The maximum atomic E-state index is 13.8. The topological polar surface area (TPSA) is 64.4 Å². The average Bonchev–Trinajstić information content (AvgIpc) is 2.88. The number of aryl methyl sites for hydroxylation is 2. The molecule has 36 heavy (non-hydrogen) atoms. The Kier molecular flexibility index (Phi) is 7.87. The van der Waals surface area contributed by atoms with E-state index in [2.05, 4.69) is 0 Å². The second kappa shape index (κ2) is 11.1. The Hall–Kier alpha value is -3.48. The lowest BCUT2D eigenvalue weighted by Crippen LogP contribution is -2.38. The van der Waals surface area contributed by atoms with E-state index in [0.717, 1.165) is 11.1 Å². The van der Waals surface area contributed by atoms with E-state index in [4.69, 9.17) is 21.3 Å². The Morgan fingerprint density at radius 1 is 1.06 bits per heavy atom. The van der Waals surface area contributed by atoms with E-state index in [0.29, 0.717) is 52.6 Å². The smallest absolute Gasteiger partial charge is 0.266 e. The minimum absolute atomic E-state index is 0.173. The average molecular weight is 504 g/mol. The van der Waals surface area contributed by atoms with E-state index in [9.17, 15) is 9.59 Å². The normalized spacial score (nSPS) is 12.0. The third-order valence-electron chi connectivity index (χ3n) is 6.50. The number of halogens is 1. The summed E-state index contributed by atoms with van der Waals surface area (Å²) in [5, 5.41) is 0.902. The molecule has 0 saturated heterocycles. The van der Waals surface area contributed by atoms with Crippen LogP contribution in [0.15, 0.2) is 71.5 Å². The van der Waals surface area contributed by atoms with Crippen molar-refractivity contribution in [3.63, 3.8) is 0 Å². The number of benzene rings is 3. The van der Waals surface area contributed by atoms with E-state index in [-0.39, 0.29) is 11.5 Å². The Morgan fingerprint density at radius 2 is 1.78 bits per heavy atom. The van der Waals surface area contributed by atoms with Gasteiger partial charge < -0.3 is 9.64 Å². The minimum atomic E-state index is -0.524. The SMILES string of the molecule is COCCCN(C(=O)c1ccccc1Cl)C(C)c1nc2ccccc2c(=O)n1-c1ccc(C)c(C)c1. The molecule has 4 aromatic rings. The van der Waals surface area contributed by atoms with Crippen LogP contribution in [-0.2, 0) is 4.74 Å². The molecule has 0 aliphatic rings. The van der Waals surface area contributed by atoms with Gasteiger partial charge in [0.25, 0.3) is 11.5 Å². The van der Waals surface area contributed by atoms with Gasteiger partial charge in [-0.1, -0.05) is 41.9 Å². The molecule has 0 bridgehead atoms. The number of rotatable bonds is 8. The van der Waals surface area contributed by atoms with Crippen molar-refractivity contribution < 1.29 is 9.53 Å². The monoisotopic (exact) mass is 503 g/mol. The summed E-state index contributed by atoms with van der Waals surface area (Å²) in [6, 6.07) is 19.6. The Bertz CT molecular complexity index is 1460. The first-order valence-corrected chi connectivity index (χ1v) is 12.3. The molecule has 7 heteroatoms. The third-order valence-corrected chi connectivity index (χ3v) is 6.83. The van der Waals surface area contributed by atoms with Crippen molar-refractivity contribution in [2.24, 2.45) is 0 Å². The van der Waals surface area contributed by atoms with Gasteiger partial charge >= 0.3 is 0 Å². The van der Waals surface area contributed by atoms with E-state index in [1.807, 2.05) is 57.2 Å². The van der Waals surface area contributed by atoms with Crippen LogP contribution < -0.4 is 5.56 Å². The van der Waals surface area contributed by atoms with Gasteiger partial charge in [-0.15, -0.1) is 0 Å². The van der Waals surface area contributed by atoms with Crippen LogP contribution in [0.5, 0.6) is 0 Å². The summed E-state index contributed by atoms with van der Waals surface area (Å²) >= 11 is 6.39. The van der Waals surface area contributed by atoms with E-state index >= 15 is 0 Å². The number of hydrogen-bond acceptors (Lipinski definition) is 4. The molecule has 186 valence electrons. The quantitative estimate of drug-likeness (QED) is 0.281. The highest BCUT2D eigenvalue weighted by Gasteiger charge is 2.28. The number of fused-ring (bicyclic) bond motifs is 1. The van der Waals surface area contributed by atoms with Crippen LogP contribution in [0.4, 0.5) is 0 Å². The summed E-state index contributed by atoms with van der Waals surface area (Å²) in [6.45, 7) is 6.85. The van der Waals surface area contributed by atoms with E-state index in [1.54, 1.807) is 46.9 Å². The number of carbonyl (C=O) groups is 1. The van der Waals surface area contributed by atoms with Gasteiger partial charge in [0.05, 0.1) is 33.2 Å². The highest BCUT2D eigenvalue weighted by Crippen LogP contribution is 2.27. The molecule has 0 saturated carbocycles. The number of amides is 1. The summed E-state index contributed by atoms with van der Waals surface area (Å²) in [7, 11) is 1.63. The molecular formula is C29H30ClN3O3. The molecule has 0 aliphatic carbocycles. The molecule has 3 aromatic carbocycles. The summed E-state index contributed by atoms with van der Waals surface area (Å²) in [6.07, 6.45) is 0.623. The van der Waals surface area contributed by atoms with Crippen molar-refractivity contribution in [2.45, 2.75) is 33.2 Å². The van der Waals surface area contributed by atoms with Crippen LogP contribution in [0.1, 0.15) is 46.7 Å². The van der Waals surface area contributed by atoms with Gasteiger partial charge in [-0.2, -0.15) is 0 Å². The Balaban J connectivity index is 1.91. The lowest BCUT2D eigenvalue weighted by molar-refractivity contribution is 0.0657. The molecule has 1 unspecified atom stereocenters. The van der Waals surface area contributed by atoms with Crippen molar-refractivity contribution in [3.8, 4) is 5.69 Å². The van der Waals surface area contributed by atoms with Crippen molar-refractivity contribution in [1.82, 2.24) is 14.5 Å². The molecule has 0 N–H and O–H groups in total. The minimum Gasteiger partial charge on any atom is -0.385 e. The lowest BCUT2D eigenvalue weighted by atomic mass is 10.1. The van der Waals surface area contributed by atoms with Gasteiger partial charge in [0, 0.05) is 20.3 Å². The third kappa shape index (κ3) is 5.06. The first kappa shape index (κ1) is 25.6. The summed E-state index contributed by atoms with van der Waals surface area (Å²) < 4.78 is 6.87. The molecule has 0 aliphatic heterocycles. The zero-order valence-corrected chi connectivity index (χ0v) is 21.7. The molecule has 1 aromatic heterocycles. The van der Waals surface area contributed by atoms with E-state index in [1.165, 1.54) is 0 Å². The van der Waals surface area contributed by atoms with Gasteiger partial charge in [0.15, 0.2) is 0 Å². The van der Waals surface area contributed by atoms with Gasteiger partial charge in [0.1, 0.15) is 5.82 Å². The summed E-state index contributed by atoms with van der Waals surface area (Å²) in [4.78, 5) is 34.2. The molecule has 1 heterocycles. The number of nitrogens with zero attached hydrogens (tertiary/aromatic N) is 3. The lowest BCUT2D eigenvalue weighted by Gasteiger charge is -2.31. The highest BCUT2D eigenvalue weighted by atomic mass is 35.5. The van der Waals surface area contributed by atoms with Gasteiger partial charge in [-0.25, -0.2) is 4.98 Å². The molecule has 0 spiro atoms. The molecule has 4 rings (SSSR count). The fourth-order valence-corrected chi connectivity index (χ4v) is 4.54. The maximum Gasteiger partial charge on any atom is 0.266 e. The number of ether oxygens (including phenoxy) is 1. The van der Waals surface area contributed by atoms with Crippen LogP contribution in [0.2, 0.25) is 5.02 Å². The standard InChI is InChI=1S/C29H30ClN3O3/c1-19-14-15-22(18-20(19)2)33-27(31-26-13-8-6-11-24(26)29(33)35)21(3)32(16-9-17-36-4)28(34)23-10-5-7-12-25(23)30/h5-8,10-15,18,21H,9,16-17H2,1-4H3. The number of methoxy groups -OCH3 is 1. The van der Waals surface area contributed by atoms with Crippen molar-refractivity contribution in [2.75, 3.05) is 20.3 Å². The zero-order chi connectivity index (χ0) is 25.8. The molecule has 1 amide bonds. The van der Waals surface area contributed by atoms with Gasteiger partial charge in [-0.3, -0.25) is 14.2 Å². The number of para-hydroxylation sites is 1. The second-order valence-electron chi connectivity index (χ2n) is 8.90. The highest BCUT2D eigenvalue weighted by molar-refractivity contribution is 6.33. The molecule has 6 nitrogen and oxygen atoms in total.